The summed E-state index contributed by atoms with van der Waals surface area (Å²) in [5.74, 6) is -0.0861. The van der Waals surface area contributed by atoms with Crippen molar-refractivity contribution in [3.05, 3.63) is 65.2 Å². The molecule has 4 nitrogen and oxygen atoms in total. The van der Waals surface area contributed by atoms with Gasteiger partial charge in [-0.15, -0.1) is 0 Å². The van der Waals surface area contributed by atoms with Crippen LogP contribution in [0.25, 0.3) is 0 Å². The summed E-state index contributed by atoms with van der Waals surface area (Å²) >= 11 is 0. The third-order valence-corrected chi connectivity index (χ3v) is 2.97. The lowest BCUT2D eigenvalue weighted by atomic mass is 10.1. The van der Waals surface area contributed by atoms with Crippen molar-refractivity contribution in [3.8, 4) is 6.07 Å². The third-order valence-electron chi connectivity index (χ3n) is 2.97. The van der Waals surface area contributed by atoms with Crippen LogP contribution in [-0.2, 0) is 11.3 Å². The molecule has 0 saturated carbocycles. The molecule has 0 atom stereocenters. The smallest absolute Gasteiger partial charge is 0.238 e. The SMILES string of the molecule is Cc1cccc(NC(=O)CNCc2cccc(C#N)c2)c1. The Balaban J connectivity index is 1.80. The largest absolute Gasteiger partial charge is 0.325 e. The standard InChI is InChI=1S/C17H17N3O/c1-13-4-2-7-16(8-13)20-17(21)12-19-11-15-6-3-5-14(9-15)10-18/h2-9,19H,11-12H2,1H3,(H,20,21). The molecule has 4 heteroatoms. The van der Waals surface area contributed by atoms with Crippen molar-refractivity contribution < 1.29 is 4.79 Å². The molecule has 0 fully saturated rings. The Hall–Kier alpha value is -2.64. The number of aryl methyl sites for hydroxylation is 1. The first-order valence-electron chi connectivity index (χ1n) is 6.73. The molecule has 0 saturated heterocycles. The maximum atomic E-state index is 11.8. The molecule has 0 aromatic heterocycles. The molecule has 21 heavy (non-hydrogen) atoms. The summed E-state index contributed by atoms with van der Waals surface area (Å²) in [4.78, 5) is 11.8. The maximum Gasteiger partial charge on any atom is 0.238 e. The monoisotopic (exact) mass is 279 g/mol. The summed E-state index contributed by atoms with van der Waals surface area (Å²) in [5.41, 5.74) is 3.51. The molecule has 2 aromatic rings. The van der Waals surface area contributed by atoms with E-state index >= 15 is 0 Å². The van der Waals surface area contributed by atoms with Crippen molar-refractivity contribution in [3.63, 3.8) is 0 Å². The van der Waals surface area contributed by atoms with E-state index in [1.807, 2.05) is 49.4 Å². The number of nitriles is 1. The maximum absolute atomic E-state index is 11.8. The molecule has 1 amide bonds. The van der Waals surface area contributed by atoms with Crippen LogP contribution in [0.1, 0.15) is 16.7 Å². The molecule has 0 unspecified atom stereocenters. The zero-order chi connectivity index (χ0) is 15.1. The topological polar surface area (TPSA) is 64.9 Å². The summed E-state index contributed by atoms with van der Waals surface area (Å²) in [7, 11) is 0. The Bertz CT molecular complexity index is 674. The number of nitrogens with zero attached hydrogens (tertiary/aromatic N) is 1. The van der Waals surface area contributed by atoms with Gasteiger partial charge in [0, 0.05) is 12.2 Å². The molecular formula is C17H17N3O. The van der Waals surface area contributed by atoms with Crippen LogP contribution in [0.2, 0.25) is 0 Å². The van der Waals surface area contributed by atoms with Gasteiger partial charge in [0.15, 0.2) is 0 Å². The molecule has 0 aliphatic heterocycles. The molecule has 0 radical (unpaired) electrons. The number of rotatable bonds is 5. The summed E-state index contributed by atoms with van der Waals surface area (Å²) < 4.78 is 0. The molecule has 106 valence electrons. The minimum Gasteiger partial charge on any atom is -0.325 e. The molecule has 0 bridgehead atoms. The average Bonchev–Trinajstić information content (AvgIpc) is 2.47. The first-order chi connectivity index (χ1) is 10.2. The van der Waals surface area contributed by atoms with Crippen molar-refractivity contribution in [2.24, 2.45) is 0 Å². The summed E-state index contributed by atoms with van der Waals surface area (Å²) in [6.45, 7) is 2.76. The van der Waals surface area contributed by atoms with Crippen LogP contribution in [0, 0.1) is 18.3 Å². The van der Waals surface area contributed by atoms with Crippen LogP contribution in [0.5, 0.6) is 0 Å². The van der Waals surface area contributed by atoms with Crippen molar-refractivity contribution >= 4 is 11.6 Å². The highest BCUT2D eigenvalue weighted by molar-refractivity contribution is 5.92. The lowest BCUT2D eigenvalue weighted by Gasteiger charge is -2.07. The predicted octanol–water partition coefficient (Wildman–Crippen LogP) is 2.60. The molecule has 2 N–H and O–H groups in total. The van der Waals surface area contributed by atoms with E-state index in [9.17, 15) is 4.79 Å². The Morgan fingerprint density at radius 1 is 1.19 bits per heavy atom. The molecule has 0 spiro atoms. The second-order valence-electron chi connectivity index (χ2n) is 4.83. The van der Waals surface area contributed by atoms with Crippen LogP contribution in [0.15, 0.2) is 48.5 Å². The third kappa shape index (κ3) is 4.75. The van der Waals surface area contributed by atoms with Crippen molar-refractivity contribution in [1.82, 2.24) is 5.32 Å². The lowest BCUT2D eigenvalue weighted by Crippen LogP contribution is -2.27. The van der Waals surface area contributed by atoms with Gasteiger partial charge in [-0.05, 0) is 42.3 Å². The number of nitrogens with one attached hydrogen (secondary N) is 2. The first kappa shape index (κ1) is 14.8. The number of amides is 1. The molecule has 0 aliphatic carbocycles. The number of carbonyl (C=O) groups excluding carboxylic acids is 1. The molecule has 0 heterocycles. The molecule has 0 aliphatic rings. The molecular weight excluding hydrogens is 262 g/mol. The fraction of sp³-hybridized carbons (Fsp3) is 0.176. The van der Waals surface area contributed by atoms with E-state index in [1.54, 1.807) is 6.07 Å². The van der Waals surface area contributed by atoms with Crippen molar-refractivity contribution in [2.75, 3.05) is 11.9 Å². The van der Waals surface area contributed by atoms with Gasteiger partial charge in [-0.3, -0.25) is 4.79 Å². The minimum atomic E-state index is -0.0861. The van der Waals surface area contributed by atoms with Crippen LogP contribution in [-0.4, -0.2) is 12.5 Å². The second kappa shape index (κ2) is 7.22. The van der Waals surface area contributed by atoms with E-state index in [-0.39, 0.29) is 12.5 Å². The lowest BCUT2D eigenvalue weighted by molar-refractivity contribution is -0.115. The number of hydrogen-bond donors (Lipinski definition) is 2. The molecule has 2 rings (SSSR count). The van der Waals surface area contributed by atoms with E-state index in [0.717, 1.165) is 16.8 Å². The zero-order valence-corrected chi connectivity index (χ0v) is 11.9. The van der Waals surface area contributed by atoms with Gasteiger partial charge >= 0.3 is 0 Å². The van der Waals surface area contributed by atoms with E-state index < -0.39 is 0 Å². The highest BCUT2D eigenvalue weighted by Crippen LogP contribution is 2.09. The van der Waals surface area contributed by atoms with Gasteiger partial charge < -0.3 is 10.6 Å². The number of anilines is 1. The Morgan fingerprint density at radius 2 is 2.00 bits per heavy atom. The number of hydrogen-bond acceptors (Lipinski definition) is 3. The second-order valence-corrected chi connectivity index (χ2v) is 4.83. The Morgan fingerprint density at radius 3 is 2.76 bits per heavy atom. The van der Waals surface area contributed by atoms with E-state index in [4.69, 9.17) is 5.26 Å². The van der Waals surface area contributed by atoms with E-state index in [2.05, 4.69) is 16.7 Å². The van der Waals surface area contributed by atoms with Crippen molar-refractivity contribution in [2.45, 2.75) is 13.5 Å². The van der Waals surface area contributed by atoms with E-state index in [1.165, 1.54) is 0 Å². The van der Waals surface area contributed by atoms with Gasteiger partial charge in [-0.25, -0.2) is 0 Å². The fourth-order valence-electron chi connectivity index (χ4n) is 2.00. The molecule has 2 aromatic carbocycles. The van der Waals surface area contributed by atoms with Crippen molar-refractivity contribution in [1.29, 1.82) is 5.26 Å². The highest BCUT2D eigenvalue weighted by Gasteiger charge is 2.02. The predicted molar refractivity (Wildman–Crippen MR) is 82.7 cm³/mol. The number of benzene rings is 2. The minimum absolute atomic E-state index is 0.0861. The highest BCUT2D eigenvalue weighted by atomic mass is 16.1. The normalized spacial score (nSPS) is 9.90. The van der Waals surface area contributed by atoms with Crippen LogP contribution in [0.4, 0.5) is 5.69 Å². The summed E-state index contributed by atoms with van der Waals surface area (Å²) in [5, 5.41) is 14.7. The van der Waals surface area contributed by atoms with Gasteiger partial charge in [0.1, 0.15) is 0 Å². The van der Waals surface area contributed by atoms with Gasteiger partial charge in [0.2, 0.25) is 5.91 Å². The Kier molecular flexibility index (Phi) is 5.08. The van der Waals surface area contributed by atoms with Gasteiger partial charge in [-0.1, -0.05) is 24.3 Å². The Labute approximate surface area is 124 Å². The summed E-state index contributed by atoms with van der Waals surface area (Å²) in [6, 6.07) is 17.1. The number of carbonyl (C=O) groups is 1. The zero-order valence-electron chi connectivity index (χ0n) is 11.9. The van der Waals surface area contributed by atoms with Crippen LogP contribution < -0.4 is 10.6 Å². The van der Waals surface area contributed by atoms with Crippen LogP contribution in [0.3, 0.4) is 0 Å². The quantitative estimate of drug-likeness (QED) is 0.884. The summed E-state index contributed by atoms with van der Waals surface area (Å²) in [6.07, 6.45) is 0. The van der Waals surface area contributed by atoms with Crippen LogP contribution >= 0.6 is 0 Å². The van der Waals surface area contributed by atoms with Gasteiger partial charge in [0.05, 0.1) is 18.2 Å². The fourth-order valence-corrected chi connectivity index (χ4v) is 2.00. The van der Waals surface area contributed by atoms with Gasteiger partial charge in [0.25, 0.3) is 0 Å². The van der Waals surface area contributed by atoms with Gasteiger partial charge in [-0.2, -0.15) is 5.26 Å². The first-order valence-corrected chi connectivity index (χ1v) is 6.73. The average molecular weight is 279 g/mol. The van der Waals surface area contributed by atoms with E-state index in [0.29, 0.717) is 12.1 Å².